The van der Waals surface area contributed by atoms with Crippen molar-refractivity contribution in [3.05, 3.63) is 29.8 Å². The summed E-state index contributed by atoms with van der Waals surface area (Å²) in [7, 11) is 0. The fourth-order valence-electron chi connectivity index (χ4n) is 4.24. The molecule has 3 rings (SSSR count). The Kier molecular flexibility index (Phi) is 5.78. The maximum atomic E-state index is 12.9. The molecule has 2 amide bonds. The minimum absolute atomic E-state index is 0.0549. The third-order valence-electron chi connectivity index (χ3n) is 5.94. The Morgan fingerprint density at radius 2 is 1.41 bits per heavy atom. The lowest BCUT2D eigenvalue weighted by atomic mass is 9.87. The molecule has 0 saturated carbocycles. The molecule has 0 unspecified atom stereocenters. The lowest BCUT2D eigenvalue weighted by Crippen LogP contribution is -2.48. The number of nitrogens with zero attached hydrogens (tertiary/aromatic N) is 2. The predicted molar refractivity (Wildman–Crippen MR) is 105 cm³/mol. The van der Waals surface area contributed by atoms with E-state index in [9.17, 15) is 14.7 Å². The van der Waals surface area contributed by atoms with Crippen LogP contribution in [0.25, 0.3) is 0 Å². The van der Waals surface area contributed by atoms with E-state index in [1.165, 1.54) is 5.56 Å². The molecular formula is C22H32N2O3. The summed E-state index contributed by atoms with van der Waals surface area (Å²) in [6.45, 7) is 8.82. The first-order chi connectivity index (χ1) is 12.8. The van der Waals surface area contributed by atoms with Gasteiger partial charge >= 0.3 is 0 Å². The van der Waals surface area contributed by atoms with E-state index in [1.54, 1.807) is 12.1 Å². The number of aromatic hydroxyl groups is 1. The fraction of sp³-hybridized carbons (Fsp3) is 0.636. The molecule has 0 radical (unpaired) electrons. The number of carbonyl (C=O) groups is 2. The van der Waals surface area contributed by atoms with Gasteiger partial charge in [-0.15, -0.1) is 0 Å². The molecule has 5 nitrogen and oxygen atoms in total. The standard InChI is InChI=1S/C22H32N2O3/c1-22(2,3)21(27)24-14-10-18(11-15-24)20(26)23-12-8-17(9-13-23)16-4-6-19(25)7-5-16/h4-7,17-18,25H,8-15H2,1-3H3. The summed E-state index contributed by atoms with van der Waals surface area (Å²) in [5.41, 5.74) is 0.890. The second kappa shape index (κ2) is 7.91. The van der Waals surface area contributed by atoms with Gasteiger partial charge in [-0.05, 0) is 49.3 Å². The first kappa shape index (κ1) is 19.7. The Balaban J connectivity index is 1.49. The van der Waals surface area contributed by atoms with E-state index in [-0.39, 0.29) is 23.1 Å². The van der Waals surface area contributed by atoms with Crippen molar-refractivity contribution in [1.82, 2.24) is 9.80 Å². The lowest BCUT2D eigenvalue weighted by Gasteiger charge is -2.38. The zero-order valence-corrected chi connectivity index (χ0v) is 16.8. The van der Waals surface area contributed by atoms with Gasteiger partial charge in [0.25, 0.3) is 0 Å². The molecular weight excluding hydrogens is 340 g/mol. The number of phenolic OH excluding ortho intramolecular Hbond substituents is 1. The molecule has 0 spiro atoms. The van der Waals surface area contributed by atoms with Gasteiger partial charge in [0, 0.05) is 37.5 Å². The first-order valence-corrected chi connectivity index (χ1v) is 10.1. The van der Waals surface area contributed by atoms with Crippen molar-refractivity contribution in [2.75, 3.05) is 26.2 Å². The van der Waals surface area contributed by atoms with Crippen molar-refractivity contribution in [2.45, 2.75) is 52.4 Å². The molecule has 1 aromatic carbocycles. The minimum atomic E-state index is -0.354. The average molecular weight is 373 g/mol. The van der Waals surface area contributed by atoms with Crippen LogP contribution in [0.15, 0.2) is 24.3 Å². The van der Waals surface area contributed by atoms with Gasteiger partial charge < -0.3 is 14.9 Å². The highest BCUT2D eigenvalue weighted by molar-refractivity contribution is 5.82. The fourth-order valence-corrected chi connectivity index (χ4v) is 4.24. The van der Waals surface area contributed by atoms with Gasteiger partial charge in [-0.3, -0.25) is 9.59 Å². The summed E-state index contributed by atoms with van der Waals surface area (Å²) in [5, 5.41) is 9.43. The van der Waals surface area contributed by atoms with Crippen molar-refractivity contribution < 1.29 is 14.7 Å². The Morgan fingerprint density at radius 3 is 1.93 bits per heavy atom. The van der Waals surface area contributed by atoms with Gasteiger partial charge in [0.2, 0.25) is 11.8 Å². The molecule has 0 bridgehead atoms. The first-order valence-electron chi connectivity index (χ1n) is 10.1. The highest BCUT2D eigenvalue weighted by atomic mass is 16.3. The van der Waals surface area contributed by atoms with Crippen LogP contribution in [0.5, 0.6) is 5.75 Å². The quantitative estimate of drug-likeness (QED) is 0.866. The van der Waals surface area contributed by atoms with Crippen LogP contribution in [-0.4, -0.2) is 52.9 Å². The molecule has 2 aliphatic heterocycles. The molecule has 0 atom stereocenters. The van der Waals surface area contributed by atoms with E-state index in [0.717, 1.165) is 38.8 Å². The molecule has 1 N–H and O–H groups in total. The van der Waals surface area contributed by atoms with E-state index < -0.39 is 0 Å². The monoisotopic (exact) mass is 372 g/mol. The maximum Gasteiger partial charge on any atom is 0.227 e. The Morgan fingerprint density at radius 1 is 0.889 bits per heavy atom. The van der Waals surface area contributed by atoms with E-state index in [1.807, 2.05) is 42.7 Å². The van der Waals surface area contributed by atoms with Crippen LogP contribution in [0.3, 0.4) is 0 Å². The molecule has 2 heterocycles. The van der Waals surface area contributed by atoms with E-state index >= 15 is 0 Å². The summed E-state index contributed by atoms with van der Waals surface area (Å²) in [4.78, 5) is 29.2. The third-order valence-corrected chi connectivity index (χ3v) is 5.94. The van der Waals surface area contributed by atoms with Gasteiger partial charge in [0.1, 0.15) is 5.75 Å². The van der Waals surface area contributed by atoms with E-state index in [2.05, 4.69) is 0 Å². The largest absolute Gasteiger partial charge is 0.508 e. The predicted octanol–water partition coefficient (Wildman–Crippen LogP) is 3.38. The topological polar surface area (TPSA) is 60.9 Å². The van der Waals surface area contributed by atoms with Crippen LogP contribution in [0.1, 0.15) is 57.9 Å². The van der Waals surface area contributed by atoms with Gasteiger partial charge in [-0.25, -0.2) is 0 Å². The second-order valence-corrected chi connectivity index (χ2v) is 9.01. The molecule has 148 valence electrons. The number of hydrogen-bond donors (Lipinski definition) is 1. The highest BCUT2D eigenvalue weighted by Gasteiger charge is 2.34. The summed E-state index contributed by atoms with van der Waals surface area (Å²) < 4.78 is 0. The number of likely N-dealkylation sites (tertiary alicyclic amines) is 2. The maximum absolute atomic E-state index is 12.9. The Labute approximate surface area is 162 Å². The van der Waals surface area contributed by atoms with Gasteiger partial charge in [0.05, 0.1) is 0 Å². The summed E-state index contributed by atoms with van der Waals surface area (Å²) in [6.07, 6.45) is 3.49. The molecule has 0 aliphatic carbocycles. The summed E-state index contributed by atoms with van der Waals surface area (Å²) in [5.74, 6) is 1.26. The second-order valence-electron chi connectivity index (χ2n) is 9.01. The lowest BCUT2D eigenvalue weighted by molar-refractivity contribution is -0.145. The molecule has 2 saturated heterocycles. The Bertz CT molecular complexity index is 662. The summed E-state index contributed by atoms with van der Waals surface area (Å²) >= 11 is 0. The van der Waals surface area contributed by atoms with Crippen molar-refractivity contribution in [1.29, 1.82) is 0 Å². The number of piperidine rings is 2. The van der Waals surface area contributed by atoms with Crippen molar-refractivity contribution in [3.8, 4) is 5.75 Å². The van der Waals surface area contributed by atoms with Crippen LogP contribution >= 0.6 is 0 Å². The van der Waals surface area contributed by atoms with Gasteiger partial charge in [0.15, 0.2) is 0 Å². The van der Waals surface area contributed by atoms with Crippen molar-refractivity contribution in [3.63, 3.8) is 0 Å². The zero-order valence-electron chi connectivity index (χ0n) is 16.8. The average Bonchev–Trinajstić information content (AvgIpc) is 2.67. The molecule has 5 heteroatoms. The highest BCUT2D eigenvalue weighted by Crippen LogP contribution is 2.31. The molecule has 27 heavy (non-hydrogen) atoms. The van der Waals surface area contributed by atoms with Crippen molar-refractivity contribution in [2.24, 2.45) is 11.3 Å². The van der Waals surface area contributed by atoms with E-state index in [0.29, 0.717) is 24.8 Å². The number of phenols is 1. The minimum Gasteiger partial charge on any atom is -0.508 e. The van der Waals surface area contributed by atoms with Crippen LogP contribution in [-0.2, 0) is 9.59 Å². The zero-order chi connectivity index (χ0) is 19.6. The SMILES string of the molecule is CC(C)(C)C(=O)N1CCC(C(=O)N2CCC(c3ccc(O)cc3)CC2)CC1. The van der Waals surface area contributed by atoms with Crippen LogP contribution < -0.4 is 0 Å². The smallest absolute Gasteiger partial charge is 0.227 e. The number of benzene rings is 1. The molecule has 2 aliphatic rings. The molecule has 2 fully saturated rings. The summed E-state index contributed by atoms with van der Waals surface area (Å²) in [6, 6.07) is 7.44. The Hall–Kier alpha value is -2.04. The number of carbonyl (C=O) groups excluding carboxylic acids is 2. The van der Waals surface area contributed by atoms with Crippen LogP contribution in [0, 0.1) is 11.3 Å². The number of amides is 2. The van der Waals surface area contributed by atoms with Gasteiger partial charge in [-0.1, -0.05) is 32.9 Å². The molecule has 0 aromatic heterocycles. The van der Waals surface area contributed by atoms with Crippen LogP contribution in [0.2, 0.25) is 0 Å². The van der Waals surface area contributed by atoms with Crippen LogP contribution in [0.4, 0.5) is 0 Å². The normalized spacial score (nSPS) is 20.0. The number of hydrogen-bond acceptors (Lipinski definition) is 3. The van der Waals surface area contributed by atoms with Gasteiger partial charge in [-0.2, -0.15) is 0 Å². The third kappa shape index (κ3) is 4.63. The molecule has 1 aromatic rings. The van der Waals surface area contributed by atoms with Crippen molar-refractivity contribution >= 4 is 11.8 Å². The number of rotatable bonds is 2. The van der Waals surface area contributed by atoms with E-state index in [4.69, 9.17) is 0 Å².